The summed E-state index contributed by atoms with van der Waals surface area (Å²) < 4.78 is 5.26. The molecule has 2 heterocycles. The molecule has 1 amide bonds. The van der Waals surface area contributed by atoms with Crippen LogP contribution in [0.5, 0.6) is 11.5 Å². The molecule has 0 unspecified atom stereocenters. The predicted molar refractivity (Wildman–Crippen MR) is 90.0 cm³/mol. The summed E-state index contributed by atoms with van der Waals surface area (Å²) in [6, 6.07) is 6.23. The lowest BCUT2D eigenvalue weighted by Crippen LogP contribution is -2.33. The largest absolute Gasteiger partial charge is 0.507 e. The third-order valence-corrected chi connectivity index (χ3v) is 5.14. The Kier molecular flexibility index (Phi) is 3.27. The van der Waals surface area contributed by atoms with Gasteiger partial charge in [0, 0.05) is 34.2 Å². The predicted octanol–water partition coefficient (Wildman–Crippen LogP) is 3.50. The highest BCUT2D eigenvalue weighted by molar-refractivity contribution is 6.30. The number of nitrogens with zero attached hydrogens (tertiary/aromatic N) is 1. The van der Waals surface area contributed by atoms with E-state index in [0.29, 0.717) is 45.1 Å². The molecule has 5 nitrogen and oxygen atoms in total. The highest BCUT2D eigenvalue weighted by Crippen LogP contribution is 2.53. The van der Waals surface area contributed by atoms with E-state index in [0.717, 1.165) is 0 Å². The van der Waals surface area contributed by atoms with Crippen molar-refractivity contribution in [3.63, 3.8) is 0 Å². The summed E-state index contributed by atoms with van der Waals surface area (Å²) in [5.41, 5.74) is 2.95. The Morgan fingerprint density at radius 1 is 1.33 bits per heavy atom. The fraction of sp³-hybridized carbons (Fsp3) is 0.278. The molecule has 4 rings (SSSR count). The molecule has 0 saturated heterocycles. The van der Waals surface area contributed by atoms with Gasteiger partial charge in [-0.1, -0.05) is 11.6 Å². The first-order valence-electron chi connectivity index (χ1n) is 7.65. The molecular formula is C18H16ClNO4. The molecule has 2 aromatic carbocycles. The molecule has 2 aliphatic rings. The van der Waals surface area contributed by atoms with Gasteiger partial charge in [0.25, 0.3) is 5.91 Å². The summed E-state index contributed by atoms with van der Waals surface area (Å²) in [6.45, 7) is 1.80. The maximum atomic E-state index is 13.1. The second-order valence-electron chi connectivity index (χ2n) is 6.16. The average Bonchev–Trinajstić information content (AvgIpc) is 2.84. The Bertz CT molecular complexity index is 880. The fourth-order valence-electron chi connectivity index (χ4n) is 3.83. The lowest BCUT2D eigenvalue weighted by atomic mass is 9.90. The number of carbonyl (C=O) groups excluding carboxylic acids is 1. The number of amides is 1. The number of fused-ring (bicyclic) bond motifs is 5. The summed E-state index contributed by atoms with van der Waals surface area (Å²) in [6.07, 6.45) is -0.439. The number of benzene rings is 2. The van der Waals surface area contributed by atoms with E-state index in [-0.39, 0.29) is 11.7 Å². The van der Waals surface area contributed by atoms with Crippen LogP contribution < -0.4 is 9.64 Å². The number of hydrogen-bond donors (Lipinski definition) is 2. The Labute approximate surface area is 144 Å². The lowest BCUT2D eigenvalue weighted by molar-refractivity contribution is 0.0967. The number of carbonyl (C=O) groups is 1. The zero-order valence-electron chi connectivity index (χ0n) is 13.2. The Morgan fingerprint density at radius 2 is 2.08 bits per heavy atom. The second kappa shape index (κ2) is 5.13. The van der Waals surface area contributed by atoms with E-state index in [4.69, 9.17) is 16.3 Å². The van der Waals surface area contributed by atoms with Crippen molar-refractivity contribution in [3.05, 3.63) is 51.5 Å². The van der Waals surface area contributed by atoms with Crippen molar-refractivity contribution in [2.24, 2.45) is 0 Å². The monoisotopic (exact) mass is 345 g/mol. The van der Waals surface area contributed by atoms with Crippen LogP contribution in [0.4, 0.5) is 5.69 Å². The highest BCUT2D eigenvalue weighted by atomic mass is 35.5. The van der Waals surface area contributed by atoms with Crippen molar-refractivity contribution in [2.75, 3.05) is 12.0 Å². The number of aromatic hydroxyl groups is 1. The average molecular weight is 346 g/mol. The van der Waals surface area contributed by atoms with E-state index in [1.807, 2.05) is 0 Å². The molecule has 6 heteroatoms. The van der Waals surface area contributed by atoms with Gasteiger partial charge in [-0.3, -0.25) is 4.79 Å². The summed E-state index contributed by atoms with van der Waals surface area (Å²) in [5.74, 6) is 0.284. The lowest BCUT2D eigenvalue weighted by Gasteiger charge is -2.35. The minimum absolute atomic E-state index is 0.0120. The number of hydrogen-bond acceptors (Lipinski definition) is 4. The number of phenols is 1. The minimum Gasteiger partial charge on any atom is -0.507 e. The van der Waals surface area contributed by atoms with Crippen molar-refractivity contribution < 1.29 is 19.7 Å². The molecule has 24 heavy (non-hydrogen) atoms. The van der Waals surface area contributed by atoms with Gasteiger partial charge in [-0.15, -0.1) is 0 Å². The Morgan fingerprint density at radius 3 is 2.79 bits per heavy atom. The Hall–Kier alpha value is -2.24. The standard InChI is InChI=1S/C18H16ClNO4/c1-8-15(24-2)7-14(22)17-12-6-13(21)10-5-9(19)3-4-11(10)20(12)18(23)16(8)17/h3-5,7,12-13,21-22H,6H2,1-2H3/t12-,13+/m1/s1. The maximum Gasteiger partial charge on any atom is 0.259 e. The second-order valence-corrected chi connectivity index (χ2v) is 6.59. The third-order valence-electron chi connectivity index (χ3n) is 4.91. The summed E-state index contributed by atoms with van der Waals surface area (Å²) in [4.78, 5) is 14.7. The van der Waals surface area contributed by atoms with Crippen LogP contribution in [0, 0.1) is 6.92 Å². The first kappa shape index (κ1) is 15.3. The molecule has 0 bridgehead atoms. The van der Waals surface area contributed by atoms with Crippen molar-refractivity contribution in [1.29, 1.82) is 0 Å². The molecule has 0 aliphatic carbocycles. The molecule has 0 aromatic heterocycles. The molecule has 2 atom stereocenters. The normalized spacial score (nSPS) is 21.3. The van der Waals surface area contributed by atoms with Crippen LogP contribution in [0.3, 0.4) is 0 Å². The number of anilines is 1. The fourth-order valence-corrected chi connectivity index (χ4v) is 4.01. The van der Waals surface area contributed by atoms with E-state index < -0.39 is 12.1 Å². The van der Waals surface area contributed by atoms with Gasteiger partial charge >= 0.3 is 0 Å². The van der Waals surface area contributed by atoms with Crippen molar-refractivity contribution in [2.45, 2.75) is 25.5 Å². The van der Waals surface area contributed by atoms with Crippen LogP contribution in [-0.4, -0.2) is 23.2 Å². The number of ether oxygens (including phenoxy) is 1. The summed E-state index contributed by atoms with van der Waals surface area (Å²) in [7, 11) is 1.50. The number of rotatable bonds is 1. The SMILES string of the molecule is COc1cc(O)c2c(c1C)C(=O)N1c3ccc(Cl)cc3[C@@H](O)C[C@H]21. The first-order valence-corrected chi connectivity index (χ1v) is 8.03. The van der Waals surface area contributed by atoms with Crippen molar-refractivity contribution in [1.82, 2.24) is 0 Å². The van der Waals surface area contributed by atoms with E-state index >= 15 is 0 Å². The number of halogens is 1. The molecular weight excluding hydrogens is 330 g/mol. The zero-order valence-corrected chi connectivity index (χ0v) is 14.0. The van der Waals surface area contributed by atoms with Gasteiger partial charge in [0.05, 0.1) is 30.5 Å². The van der Waals surface area contributed by atoms with Crippen LogP contribution in [0.2, 0.25) is 5.02 Å². The molecule has 2 aliphatic heterocycles. The molecule has 2 aromatic rings. The number of methoxy groups -OCH3 is 1. The quantitative estimate of drug-likeness (QED) is 0.830. The van der Waals surface area contributed by atoms with Gasteiger partial charge in [0.2, 0.25) is 0 Å². The number of aliphatic hydroxyl groups is 1. The highest BCUT2D eigenvalue weighted by Gasteiger charge is 2.46. The van der Waals surface area contributed by atoms with Crippen molar-refractivity contribution in [3.8, 4) is 11.5 Å². The van der Waals surface area contributed by atoms with Crippen LogP contribution in [0.15, 0.2) is 24.3 Å². The van der Waals surface area contributed by atoms with Gasteiger partial charge < -0.3 is 19.8 Å². The van der Waals surface area contributed by atoms with Gasteiger partial charge in [0.15, 0.2) is 0 Å². The van der Waals surface area contributed by atoms with E-state index in [2.05, 4.69) is 0 Å². The van der Waals surface area contributed by atoms with E-state index in [1.165, 1.54) is 13.2 Å². The minimum atomic E-state index is -0.750. The molecule has 2 N–H and O–H groups in total. The smallest absolute Gasteiger partial charge is 0.259 e. The van der Waals surface area contributed by atoms with Crippen LogP contribution in [0.1, 0.15) is 45.6 Å². The van der Waals surface area contributed by atoms with Gasteiger partial charge in [-0.25, -0.2) is 0 Å². The molecule has 0 spiro atoms. The first-order chi connectivity index (χ1) is 11.4. The Balaban J connectivity index is 1.96. The van der Waals surface area contributed by atoms with Crippen LogP contribution >= 0.6 is 11.6 Å². The van der Waals surface area contributed by atoms with Crippen molar-refractivity contribution >= 4 is 23.2 Å². The topological polar surface area (TPSA) is 70.0 Å². The van der Waals surface area contributed by atoms with Gasteiger partial charge in [0.1, 0.15) is 11.5 Å². The zero-order chi connectivity index (χ0) is 17.2. The molecule has 0 radical (unpaired) electrons. The van der Waals surface area contributed by atoms with Crippen LogP contribution in [0.25, 0.3) is 0 Å². The van der Waals surface area contributed by atoms with Gasteiger partial charge in [-0.2, -0.15) is 0 Å². The van der Waals surface area contributed by atoms with E-state index in [1.54, 1.807) is 30.0 Å². The summed E-state index contributed by atoms with van der Waals surface area (Å²) >= 11 is 6.03. The number of phenolic OH excluding ortho intramolecular Hbond substituents is 1. The third kappa shape index (κ3) is 1.88. The summed E-state index contributed by atoms with van der Waals surface area (Å²) in [5, 5.41) is 21.5. The van der Waals surface area contributed by atoms with Gasteiger partial charge in [-0.05, 0) is 25.1 Å². The molecule has 124 valence electrons. The number of aliphatic hydroxyl groups excluding tert-OH is 1. The van der Waals surface area contributed by atoms with E-state index in [9.17, 15) is 15.0 Å². The van der Waals surface area contributed by atoms with Crippen LogP contribution in [-0.2, 0) is 0 Å². The molecule has 0 saturated carbocycles. The molecule has 0 fully saturated rings. The maximum absolute atomic E-state index is 13.1.